The summed E-state index contributed by atoms with van der Waals surface area (Å²) in [5.74, 6) is 0. The molecule has 4 nitrogen and oxygen atoms in total. The van der Waals surface area contributed by atoms with E-state index in [2.05, 4.69) is 5.32 Å². The van der Waals surface area contributed by atoms with Gasteiger partial charge >= 0.3 is 0 Å². The molecule has 0 saturated heterocycles. The van der Waals surface area contributed by atoms with Crippen molar-refractivity contribution in [2.24, 2.45) is 5.41 Å². The summed E-state index contributed by atoms with van der Waals surface area (Å²) in [5.41, 5.74) is 0.569. The van der Waals surface area contributed by atoms with Crippen molar-refractivity contribution in [1.82, 2.24) is 5.32 Å². The van der Waals surface area contributed by atoms with Crippen LogP contribution in [0.1, 0.15) is 32.1 Å². The predicted molar refractivity (Wildman–Crippen MR) is 70.8 cm³/mol. The molecule has 18 heavy (non-hydrogen) atoms. The fraction of sp³-hybridized carbons (Fsp3) is 1.00. The number of ether oxygens (including phenoxy) is 3. The molecule has 106 valence electrons. The maximum atomic E-state index is 5.62. The Morgan fingerprint density at radius 2 is 1.67 bits per heavy atom. The van der Waals surface area contributed by atoms with Crippen LogP contribution in [0, 0.1) is 5.41 Å². The summed E-state index contributed by atoms with van der Waals surface area (Å²) in [7, 11) is 1.69. The van der Waals surface area contributed by atoms with Gasteiger partial charge in [-0.1, -0.05) is 0 Å². The summed E-state index contributed by atoms with van der Waals surface area (Å²) < 4.78 is 15.9. The fourth-order valence-corrected chi connectivity index (χ4v) is 2.09. The summed E-state index contributed by atoms with van der Waals surface area (Å²) in [4.78, 5) is 0. The molecule has 0 atom stereocenters. The third kappa shape index (κ3) is 5.65. The van der Waals surface area contributed by atoms with Crippen molar-refractivity contribution in [2.45, 2.75) is 38.1 Å². The van der Waals surface area contributed by atoms with Gasteiger partial charge in [0.25, 0.3) is 0 Å². The van der Waals surface area contributed by atoms with E-state index in [1.165, 1.54) is 38.6 Å². The molecule has 0 heterocycles. The predicted octanol–water partition coefficient (Wildman–Crippen LogP) is 1.59. The number of methoxy groups -OCH3 is 1. The first-order valence-electron chi connectivity index (χ1n) is 7.22. The molecule has 2 aliphatic carbocycles. The zero-order valence-corrected chi connectivity index (χ0v) is 11.6. The topological polar surface area (TPSA) is 39.7 Å². The molecule has 1 N–H and O–H groups in total. The maximum Gasteiger partial charge on any atom is 0.0701 e. The van der Waals surface area contributed by atoms with E-state index in [1.54, 1.807) is 7.11 Å². The third-order valence-corrected chi connectivity index (χ3v) is 3.88. The van der Waals surface area contributed by atoms with E-state index in [0.29, 0.717) is 31.8 Å². The smallest absolute Gasteiger partial charge is 0.0701 e. The normalized spacial score (nSPS) is 21.2. The van der Waals surface area contributed by atoms with Gasteiger partial charge in [-0.2, -0.15) is 0 Å². The highest BCUT2D eigenvalue weighted by atomic mass is 16.5. The third-order valence-electron chi connectivity index (χ3n) is 3.88. The molecule has 2 aliphatic rings. The van der Waals surface area contributed by atoms with Crippen molar-refractivity contribution < 1.29 is 14.2 Å². The molecule has 0 radical (unpaired) electrons. The van der Waals surface area contributed by atoms with Gasteiger partial charge in [-0.25, -0.2) is 0 Å². The zero-order chi connectivity index (χ0) is 12.7. The first-order chi connectivity index (χ1) is 8.85. The lowest BCUT2D eigenvalue weighted by molar-refractivity contribution is 0.0210. The van der Waals surface area contributed by atoms with Crippen LogP contribution < -0.4 is 5.32 Å². The quantitative estimate of drug-likeness (QED) is 0.539. The molecular weight excluding hydrogens is 230 g/mol. The molecule has 0 aromatic carbocycles. The minimum absolute atomic E-state index is 0.569. The van der Waals surface area contributed by atoms with Gasteiger partial charge in [0.05, 0.1) is 26.4 Å². The number of rotatable bonds is 12. The van der Waals surface area contributed by atoms with Crippen LogP contribution in [0.4, 0.5) is 0 Å². The number of hydrogen-bond donors (Lipinski definition) is 1. The Labute approximate surface area is 110 Å². The molecule has 0 amide bonds. The molecule has 2 fully saturated rings. The number of nitrogens with one attached hydrogen (secondary N) is 1. The van der Waals surface area contributed by atoms with Crippen LogP contribution in [-0.2, 0) is 14.2 Å². The molecule has 0 aromatic rings. The largest absolute Gasteiger partial charge is 0.382 e. The number of hydrogen-bond acceptors (Lipinski definition) is 4. The SMILES string of the molecule is COCCOCCOCCC1(CNC2CC2)CC1. The Kier molecular flexibility index (Phi) is 5.89. The standard InChI is InChI=1S/C14H27NO3/c1-16-8-9-18-11-10-17-7-6-14(4-5-14)12-15-13-2-3-13/h13,15H,2-12H2,1H3. The van der Waals surface area contributed by atoms with Crippen LogP contribution in [-0.4, -0.2) is 52.7 Å². The molecule has 2 saturated carbocycles. The Bertz CT molecular complexity index is 227. The van der Waals surface area contributed by atoms with E-state index in [4.69, 9.17) is 14.2 Å². The summed E-state index contributed by atoms with van der Waals surface area (Å²) in [5, 5.41) is 3.64. The molecule has 0 aromatic heterocycles. The average Bonchev–Trinajstić information content (AvgIpc) is 3.26. The van der Waals surface area contributed by atoms with Crippen molar-refractivity contribution in [3.63, 3.8) is 0 Å². The van der Waals surface area contributed by atoms with Gasteiger partial charge < -0.3 is 19.5 Å². The molecule has 0 spiro atoms. The van der Waals surface area contributed by atoms with E-state index >= 15 is 0 Å². The summed E-state index contributed by atoms with van der Waals surface area (Å²) >= 11 is 0. The van der Waals surface area contributed by atoms with Crippen LogP contribution in [0.5, 0.6) is 0 Å². The lowest BCUT2D eigenvalue weighted by Crippen LogP contribution is -2.26. The minimum Gasteiger partial charge on any atom is -0.382 e. The summed E-state index contributed by atoms with van der Waals surface area (Å²) in [6, 6.07) is 0.831. The van der Waals surface area contributed by atoms with Crippen LogP contribution in [0.15, 0.2) is 0 Å². The van der Waals surface area contributed by atoms with Gasteiger partial charge in [-0.3, -0.25) is 0 Å². The average molecular weight is 257 g/mol. The highest BCUT2D eigenvalue weighted by Crippen LogP contribution is 2.48. The monoisotopic (exact) mass is 257 g/mol. The van der Waals surface area contributed by atoms with Gasteiger partial charge in [-0.05, 0) is 37.5 Å². The van der Waals surface area contributed by atoms with E-state index in [1.807, 2.05) is 0 Å². The first-order valence-corrected chi connectivity index (χ1v) is 7.22. The molecule has 0 bridgehead atoms. The van der Waals surface area contributed by atoms with E-state index in [9.17, 15) is 0 Å². The Balaban J connectivity index is 1.38. The second kappa shape index (κ2) is 7.43. The van der Waals surface area contributed by atoms with Crippen molar-refractivity contribution >= 4 is 0 Å². The summed E-state index contributed by atoms with van der Waals surface area (Å²) in [6.45, 7) is 4.78. The minimum atomic E-state index is 0.569. The molecular formula is C14H27NO3. The van der Waals surface area contributed by atoms with Gasteiger partial charge in [0.2, 0.25) is 0 Å². The van der Waals surface area contributed by atoms with Crippen molar-refractivity contribution in [1.29, 1.82) is 0 Å². The maximum absolute atomic E-state index is 5.62. The first kappa shape index (κ1) is 14.3. The van der Waals surface area contributed by atoms with Gasteiger partial charge in [0.15, 0.2) is 0 Å². The van der Waals surface area contributed by atoms with Gasteiger partial charge in [0.1, 0.15) is 0 Å². The van der Waals surface area contributed by atoms with Crippen LogP contribution in [0.2, 0.25) is 0 Å². The van der Waals surface area contributed by atoms with Crippen LogP contribution >= 0.6 is 0 Å². The summed E-state index contributed by atoms with van der Waals surface area (Å²) in [6.07, 6.45) is 6.71. The highest BCUT2D eigenvalue weighted by Gasteiger charge is 2.42. The van der Waals surface area contributed by atoms with Crippen LogP contribution in [0.25, 0.3) is 0 Å². The van der Waals surface area contributed by atoms with E-state index < -0.39 is 0 Å². The van der Waals surface area contributed by atoms with Gasteiger partial charge in [0, 0.05) is 26.3 Å². The molecule has 0 aliphatic heterocycles. The molecule has 2 rings (SSSR count). The lowest BCUT2D eigenvalue weighted by Gasteiger charge is -2.15. The van der Waals surface area contributed by atoms with Crippen molar-refractivity contribution in [3.05, 3.63) is 0 Å². The van der Waals surface area contributed by atoms with Gasteiger partial charge in [-0.15, -0.1) is 0 Å². The fourth-order valence-electron chi connectivity index (χ4n) is 2.09. The van der Waals surface area contributed by atoms with Crippen LogP contribution in [0.3, 0.4) is 0 Å². The Morgan fingerprint density at radius 3 is 2.28 bits per heavy atom. The Hall–Kier alpha value is -0.160. The second-order valence-electron chi connectivity index (χ2n) is 5.62. The molecule has 4 heteroatoms. The molecule has 0 unspecified atom stereocenters. The van der Waals surface area contributed by atoms with E-state index in [0.717, 1.165) is 12.6 Å². The van der Waals surface area contributed by atoms with Crippen molar-refractivity contribution in [2.75, 3.05) is 46.7 Å². The second-order valence-corrected chi connectivity index (χ2v) is 5.62. The highest BCUT2D eigenvalue weighted by molar-refractivity contribution is 4.96. The van der Waals surface area contributed by atoms with Crippen molar-refractivity contribution in [3.8, 4) is 0 Å². The van der Waals surface area contributed by atoms with E-state index in [-0.39, 0.29) is 0 Å². The Morgan fingerprint density at radius 1 is 1.00 bits per heavy atom. The zero-order valence-electron chi connectivity index (χ0n) is 11.6. The lowest BCUT2D eigenvalue weighted by atomic mass is 10.0.